The molecule has 0 heterocycles. The van der Waals surface area contributed by atoms with Crippen LogP contribution in [0.15, 0.2) is 30.3 Å². The summed E-state index contributed by atoms with van der Waals surface area (Å²) in [6.07, 6.45) is 0.591. The average molecular weight is 416 g/mol. The Hall–Kier alpha value is -3.42. The molecule has 0 spiro atoms. The fraction of sp³-hybridized carbons (Fsp3) is 0.364. The van der Waals surface area contributed by atoms with Gasteiger partial charge in [0.25, 0.3) is 5.91 Å². The lowest BCUT2D eigenvalue weighted by molar-refractivity contribution is -0.130. The number of carbonyl (C=O) groups excluding carboxylic acids is 2. The summed E-state index contributed by atoms with van der Waals surface area (Å²) in [7, 11) is 4.59. The molecule has 162 valence electrons. The molecular weight excluding hydrogens is 388 g/mol. The molecule has 8 heteroatoms. The Labute approximate surface area is 176 Å². The van der Waals surface area contributed by atoms with Crippen LogP contribution in [0.4, 0.5) is 0 Å². The number of aryl methyl sites for hydroxylation is 3. The highest BCUT2D eigenvalue weighted by Crippen LogP contribution is 2.38. The number of nitrogens with one attached hydrogen (secondary N) is 2. The normalized spacial score (nSPS) is 10.2. The first-order valence-corrected chi connectivity index (χ1v) is 9.45. The molecule has 8 nitrogen and oxygen atoms in total. The molecule has 0 aliphatic rings. The lowest BCUT2D eigenvalue weighted by atomic mass is 10.1. The highest BCUT2D eigenvalue weighted by molar-refractivity contribution is 5.82. The number of hydrogen-bond acceptors (Lipinski definition) is 6. The van der Waals surface area contributed by atoms with E-state index in [2.05, 4.69) is 10.9 Å². The molecule has 0 atom stereocenters. The topological polar surface area (TPSA) is 95.1 Å². The Bertz CT molecular complexity index is 852. The summed E-state index contributed by atoms with van der Waals surface area (Å²) in [6, 6.07) is 9.30. The van der Waals surface area contributed by atoms with E-state index < -0.39 is 5.91 Å². The number of hydrazine groups is 1. The molecule has 0 unspecified atom stereocenters. The smallest absolute Gasteiger partial charge is 0.276 e. The second kappa shape index (κ2) is 10.9. The van der Waals surface area contributed by atoms with E-state index in [1.165, 1.54) is 21.3 Å². The zero-order valence-electron chi connectivity index (χ0n) is 18.0. The molecule has 2 aromatic carbocycles. The van der Waals surface area contributed by atoms with Gasteiger partial charge < -0.3 is 18.9 Å². The number of para-hydroxylation sites is 1. The van der Waals surface area contributed by atoms with E-state index in [0.717, 1.165) is 16.7 Å². The number of benzene rings is 2. The maximum Gasteiger partial charge on any atom is 0.276 e. The molecule has 0 aliphatic carbocycles. The molecule has 30 heavy (non-hydrogen) atoms. The van der Waals surface area contributed by atoms with E-state index in [0.29, 0.717) is 29.4 Å². The molecule has 0 aromatic heterocycles. The fourth-order valence-electron chi connectivity index (χ4n) is 2.94. The van der Waals surface area contributed by atoms with Crippen LogP contribution in [0.3, 0.4) is 0 Å². The highest BCUT2D eigenvalue weighted by atomic mass is 16.5. The van der Waals surface area contributed by atoms with Crippen molar-refractivity contribution in [1.29, 1.82) is 0 Å². The van der Waals surface area contributed by atoms with E-state index in [4.69, 9.17) is 18.9 Å². The minimum atomic E-state index is -0.446. The molecule has 2 rings (SSSR count). The predicted molar refractivity (Wildman–Crippen MR) is 112 cm³/mol. The van der Waals surface area contributed by atoms with Gasteiger partial charge in [0.1, 0.15) is 5.75 Å². The molecule has 0 radical (unpaired) electrons. The van der Waals surface area contributed by atoms with Crippen molar-refractivity contribution in [3.8, 4) is 23.0 Å². The first-order chi connectivity index (χ1) is 14.4. The minimum absolute atomic E-state index is 0.163. The summed E-state index contributed by atoms with van der Waals surface area (Å²) >= 11 is 0. The number of methoxy groups -OCH3 is 3. The number of rotatable bonds is 9. The van der Waals surface area contributed by atoms with E-state index in [9.17, 15) is 9.59 Å². The maximum absolute atomic E-state index is 12.1. The van der Waals surface area contributed by atoms with Gasteiger partial charge >= 0.3 is 0 Å². The van der Waals surface area contributed by atoms with Gasteiger partial charge in [-0.3, -0.25) is 20.4 Å². The van der Waals surface area contributed by atoms with E-state index in [1.807, 2.05) is 32.0 Å². The van der Waals surface area contributed by atoms with Gasteiger partial charge in [-0.25, -0.2) is 0 Å². The van der Waals surface area contributed by atoms with Crippen LogP contribution >= 0.6 is 0 Å². The minimum Gasteiger partial charge on any atom is -0.493 e. The summed E-state index contributed by atoms with van der Waals surface area (Å²) in [6.45, 7) is 3.62. The van der Waals surface area contributed by atoms with Crippen molar-refractivity contribution in [3.63, 3.8) is 0 Å². The lowest BCUT2D eigenvalue weighted by Crippen LogP contribution is -2.43. The van der Waals surface area contributed by atoms with E-state index in [-0.39, 0.29) is 18.9 Å². The van der Waals surface area contributed by atoms with Gasteiger partial charge in [0.05, 0.1) is 21.3 Å². The van der Waals surface area contributed by atoms with Crippen molar-refractivity contribution in [1.82, 2.24) is 10.9 Å². The number of carbonyl (C=O) groups is 2. The summed E-state index contributed by atoms with van der Waals surface area (Å²) in [4.78, 5) is 24.0. The van der Waals surface area contributed by atoms with Crippen molar-refractivity contribution in [2.75, 3.05) is 27.9 Å². The van der Waals surface area contributed by atoms with Crippen LogP contribution in [0.2, 0.25) is 0 Å². The number of ether oxygens (including phenoxy) is 4. The Balaban J connectivity index is 1.83. The molecule has 2 amide bonds. The summed E-state index contributed by atoms with van der Waals surface area (Å²) in [5.41, 5.74) is 7.47. The van der Waals surface area contributed by atoms with Crippen LogP contribution in [0.1, 0.15) is 23.1 Å². The van der Waals surface area contributed by atoms with Crippen molar-refractivity contribution >= 4 is 11.8 Å². The fourth-order valence-corrected chi connectivity index (χ4v) is 2.94. The lowest BCUT2D eigenvalue weighted by Gasteiger charge is -2.14. The maximum atomic E-state index is 12.1. The Kier molecular flexibility index (Phi) is 8.34. The molecule has 2 aromatic rings. The van der Waals surface area contributed by atoms with Crippen LogP contribution < -0.4 is 29.8 Å². The summed E-state index contributed by atoms with van der Waals surface area (Å²) < 4.78 is 21.5. The monoisotopic (exact) mass is 416 g/mol. The van der Waals surface area contributed by atoms with Crippen molar-refractivity contribution in [2.24, 2.45) is 0 Å². The first kappa shape index (κ1) is 22.9. The highest BCUT2D eigenvalue weighted by Gasteiger charge is 2.14. The van der Waals surface area contributed by atoms with Gasteiger partial charge in [0.2, 0.25) is 11.7 Å². The van der Waals surface area contributed by atoms with Gasteiger partial charge in [0, 0.05) is 6.42 Å². The average Bonchev–Trinajstić information content (AvgIpc) is 2.74. The zero-order valence-corrected chi connectivity index (χ0v) is 18.0. The zero-order chi connectivity index (χ0) is 22.1. The second-order valence-corrected chi connectivity index (χ2v) is 6.64. The predicted octanol–water partition coefficient (Wildman–Crippen LogP) is 2.49. The Morgan fingerprint density at radius 3 is 1.93 bits per heavy atom. The van der Waals surface area contributed by atoms with Crippen molar-refractivity contribution in [3.05, 3.63) is 47.0 Å². The van der Waals surface area contributed by atoms with Gasteiger partial charge in [-0.05, 0) is 49.1 Å². The van der Waals surface area contributed by atoms with Gasteiger partial charge in [-0.15, -0.1) is 0 Å². The second-order valence-electron chi connectivity index (χ2n) is 6.64. The third-order valence-corrected chi connectivity index (χ3v) is 4.46. The van der Waals surface area contributed by atoms with E-state index >= 15 is 0 Å². The van der Waals surface area contributed by atoms with Crippen molar-refractivity contribution < 1.29 is 28.5 Å². The molecule has 0 bridgehead atoms. The quantitative estimate of drug-likeness (QED) is 0.610. The van der Waals surface area contributed by atoms with Crippen LogP contribution in [-0.4, -0.2) is 39.8 Å². The molecule has 0 saturated carbocycles. The van der Waals surface area contributed by atoms with Gasteiger partial charge in [-0.1, -0.05) is 18.2 Å². The van der Waals surface area contributed by atoms with Crippen LogP contribution in [0, 0.1) is 13.8 Å². The Morgan fingerprint density at radius 2 is 1.40 bits per heavy atom. The van der Waals surface area contributed by atoms with Crippen LogP contribution in [0.25, 0.3) is 0 Å². The van der Waals surface area contributed by atoms with Crippen molar-refractivity contribution in [2.45, 2.75) is 26.7 Å². The third kappa shape index (κ3) is 6.04. The SMILES string of the molecule is COc1cc(CCC(=O)NNC(=O)COc2c(C)cccc2C)cc(OC)c1OC. The molecule has 0 saturated heterocycles. The van der Waals surface area contributed by atoms with Crippen LogP contribution in [-0.2, 0) is 16.0 Å². The standard InChI is InChI=1S/C22H28N2O6/c1-14-7-6-8-15(2)21(14)30-13-20(26)24-23-19(25)10-9-16-11-17(27-3)22(29-5)18(12-16)28-4/h6-8,11-12H,9-10,13H2,1-5H3,(H,23,25)(H,24,26). The summed E-state index contributed by atoms with van der Waals surface area (Å²) in [5.74, 6) is 1.42. The number of hydrogen-bond donors (Lipinski definition) is 2. The summed E-state index contributed by atoms with van der Waals surface area (Å²) in [5, 5.41) is 0. The number of amides is 2. The molecular formula is C22H28N2O6. The largest absolute Gasteiger partial charge is 0.493 e. The van der Waals surface area contributed by atoms with Gasteiger partial charge in [-0.2, -0.15) is 0 Å². The molecule has 2 N–H and O–H groups in total. The molecule has 0 fully saturated rings. The third-order valence-electron chi connectivity index (χ3n) is 4.46. The van der Waals surface area contributed by atoms with E-state index in [1.54, 1.807) is 12.1 Å². The molecule has 0 aliphatic heterocycles. The Morgan fingerprint density at radius 1 is 0.833 bits per heavy atom. The van der Waals surface area contributed by atoms with Gasteiger partial charge in [0.15, 0.2) is 18.1 Å². The first-order valence-electron chi connectivity index (χ1n) is 9.45. The van der Waals surface area contributed by atoms with Crippen LogP contribution in [0.5, 0.6) is 23.0 Å².